The van der Waals surface area contributed by atoms with Gasteiger partial charge in [0.1, 0.15) is 5.82 Å². The van der Waals surface area contributed by atoms with Crippen LogP contribution in [-0.2, 0) is 13.6 Å². The number of aromatic nitrogens is 4. The summed E-state index contributed by atoms with van der Waals surface area (Å²) in [5.74, 6) is 0.961. The topological polar surface area (TPSA) is 61.7 Å². The van der Waals surface area contributed by atoms with Crippen LogP contribution in [0.4, 0.5) is 5.69 Å². The molecule has 2 aromatic heterocycles. The third-order valence-electron chi connectivity index (χ3n) is 1.88. The normalized spacial score (nSPS) is 10.5. The molecule has 5 nitrogen and oxygen atoms in total. The summed E-state index contributed by atoms with van der Waals surface area (Å²) in [6, 6.07) is 0. The molecule has 0 saturated heterocycles. The lowest BCUT2D eigenvalue weighted by Crippen LogP contribution is -2.05. The molecular formula is C8H11N5. The van der Waals surface area contributed by atoms with E-state index in [4.69, 9.17) is 5.73 Å². The van der Waals surface area contributed by atoms with E-state index < -0.39 is 0 Å². The Morgan fingerprint density at radius 1 is 1.54 bits per heavy atom. The van der Waals surface area contributed by atoms with Crippen LogP contribution in [0.25, 0.3) is 0 Å². The maximum Gasteiger partial charge on any atom is 0.130 e. The molecule has 13 heavy (non-hydrogen) atoms. The molecule has 0 bridgehead atoms. The third kappa shape index (κ3) is 1.53. The summed E-state index contributed by atoms with van der Waals surface area (Å²) < 4.78 is 3.72. The molecule has 0 atom stereocenters. The van der Waals surface area contributed by atoms with Crippen molar-refractivity contribution in [2.45, 2.75) is 6.54 Å². The van der Waals surface area contributed by atoms with Crippen molar-refractivity contribution in [3.05, 3.63) is 30.6 Å². The Hall–Kier alpha value is -1.78. The summed E-state index contributed by atoms with van der Waals surface area (Å²) in [6.45, 7) is 0.653. The van der Waals surface area contributed by atoms with Crippen LogP contribution in [0.15, 0.2) is 24.8 Å². The van der Waals surface area contributed by atoms with Gasteiger partial charge in [-0.05, 0) is 0 Å². The molecule has 2 N–H and O–H groups in total. The smallest absolute Gasteiger partial charge is 0.130 e. The molecular weight excluding hydrogens is 166 g/mol. The zero-order chi connectivity index (χ0) is 9.26. The van der Waals surface area contributed by atoms with Crippen LogP contribution in [0.1, 0.15) is 5.82 Å². The van der Waals surface area contributed by atoms with E-state index in [2.05, 4.69) is 10.1 Å². The molecule has 0 radical (unpaired) electrons. The lowest BCUT2D eigenvalue weighted by atomic mass is 10.5. The van der Waals surface area contributed by atoms with Crippen molar-refractivity contribution in [1.82, 2.24) is 19.3 Å². The lowest BCUT2D eigenvalue weighted by Gasteiger charge is -2.00. The van der Waals surface area contributed by atoms with E-state index in [0.717, 1.165) is 5.82 Å². The van der Waals surface area contributed by atoms with Crippen LogP contribution in [0.2, 0.25) is 0 Å². The third-order valence-corrected chi connectivity index (χ3v) is 1.88. The molecule has 5 heteroatoms. The molecule has 68 valence electrons. The van der Waals surface area contributed by atoms with Gasteiger partial charge in [-0.1, -0.05) is 0 Å². The van der Waals surface area contributed by atoms with Crippen molar-refractivity contribution in [3.63, 3.8) is 0 Å². The van der Waals surface area contributed by atoms with Gasteiger partial charge in [-0.25, -0.2) is 4.98 Å². The largest absolute Gasteiger partial charge is 0.396 e. The second-order valence-electron chi connectivity index (χ2n) is 2.93. The Balaban J connectivity index is 2.19. The van der Waals surface area contributed by atoms with Crippen molar-refractivity contribution >= 4 is 5.69 Å². The zero-order valence-electron chi connectivity index (χ0n) is 7.38. The molecule has 0 fully saturated rings. The van der Waals surface area contributed by atoms with Gasteiger partial charge in [0.15, 0.2) is 0 Å². The molecule has 0 spiro atoms. The maximum atomic E-state index is 5.54. The fraction of sp³-hybridized carbons (Fsp3) is 0.250. The van der Waals surface area contributed by atoms with Gasteiger partial charge in [-0.2, -0.15) is 5.10 Å². The number of hydrogen-bond acceptors (Lipinski definition) is 3. The van der Waals surface area contributed by atoms with Crippen molar-refractivity contribution < 1.29 is 0 Å². The Morgan fingerprint density at radius 2 is 2.38 bits per heavy atom. The van der Waals surface area contributed by atoms with Gasteiger partial charge in [0, 0.05) is 25.6 Å². The quantitative estimate of drug-likeness (QED) is 0.715. The Morgan fingerprint density at radius 3 is 2.92 bits per heavy atom. The highest BCUT2D eigenvalue weighted by molar-refractivity contribution is 5.30. The fourth-order valence-electron chi connectivity index (χ4n) is 1.16. The first-order valence-corrected chi connectivity index (χ1v) is 4.00. The highest BCUT2D eigenvalue weighted by Crippen LogP contribution is 2.01. The first-order valence-electron chi connectivity index (χ1n) is 4.00. The molecule has 0 amide bonds. The molecule has 2 aromatic rings. The van der Waals surface area contributed by atoms with E-state index in [1.807, 2.05) is 17.8 Å². The minimum atomic E-state index is 0.653. The summed E-state index contributed by atoms with van der Waals surface area (Å²) in [5.41, 5.74) is 6.21. The number of aryl methyl sites for hydroxylation is 1. The van der Waals surface area contributed by atoms with Gasteiger partial charge in [-0.15, -0.1) is 0 Å². The van der Waals surface area contributed by atoms with Gasteiger partial charge in [0.2, 0.25) is 0 Å². The maximum absolute atomic E-state index is 5.54. The van der Waals surface area contributed by atoms with E-state index in [9.17, 15) is 0 Å². The number of hydrogen-bond donors (Lipinski definition) is 1. The van der Waals surface area contributed by atoms with Crippen LogP contribution in [-0.4, -0.2) is 19.3 Å². The molecule has 0 unspecified atom stereocenters. The van der Waals surface area contributed by atoms with Crippen molar-refractivity contribution in [3.8, 4) is 0 Å². The second kappa shape index (κ2) is 2.93. The Labute approximate surface area is 75.8 Å². The summed E-state index contributed by atoms with van der Waals surface area (Å²) in [4.78, 5) is 4.18. The van der Waals surface area contributed by atoms with E-state index in [1.54, 1.807) is 23.3 Å². The van der Waals surface area contributed by atoms with E-state index in [-0.39, 0.29) is 0 Å². The Kier molecular flexibility index (Phi) is 1.77. The Bertz CT molecular complexity index is 400. The molecule has 0 aromatic carbocycles. The van der Waals surface area contributed by atoms with Crippen molar-refractivity contribution in [2.75, 3.05) is 5.73 Å². The zero-order valence-corrected chi connectivity index (χ0v) is 7.38. The molecule has 0 aliphatic rings. The molecule has 2 heterocycles. The van der Waals surface area contributed by atoms with Crippen LogP contribution in [0.5, 0.6) is 0 Å². The van der Waals surface area contributed by atoms with Gasteiger partial charge in [0.25, 0.3) is 0 Å². The van der Waals surface area contributed by atoms with Gasteiger partial charge in [-0.3, -0.25) is 4.68 Å². The van der Waals surface area contributed by atoms with E-state index in [1.165, 1.54) is 0 Å². The van der Waals surface area contributed by atoms with Crippen LogP contribution < -0.4 is 5.73 Å². The monoisotopic (exact) mass is 177 g/mol. The SMILES string of the molecule is Cn1ccnc1Cn1cc(N)cn1. The summed E-state index contributed by atoms with van der Waals surface area (Å²) in [5, 5.41) is 4.07. The summed E-state index contributed by atoms with van der Waals surface area (Å²) in [6.07, 6.45) is 7.09. The summed E-state index contributed by atoms with van der Waals surface area (Å²) >= 11 is 0. The second-order valence-corrected chi connectivity index (χ2v) is 2.93. The highest BCUT2D eigenvalue weighted by Gasteiger charge is 2.00. The van der Waals surface area contributed by atoms with E-state index in [0.29, 0.717) is 12.2 Å². The molecule has 0 aliphatic heterocycles. The first-order chi connectivity index (χ1) is 6.25. The molecule has 0 aliphatic carbocycles. The number of rotatable bonds is 2. The van der Waals surface area contributed by atoms with Gasteiger partial charge < -0.3 is 10.3 Å². The minimum Gasteiger partial charge on any atom is -0.396 e. The lowest BCUT2D eigenvalue weighted by molar-refractivity contribution is 0.632. The van der Waals surface area contributed by atoms with Crippen LogP contribution in [0.3, 0.4) is 0 Å². The summed E-state index contributed by atoms with van der Waals surface area (Å²) in [7, 11) is 1.95. The molecule has 0 saturated carbocycles. The number of nitrogen functional groups attached to an aromatic ring is 1. The standard InChI is InChI=1S/C8H11N5/c1-12-3-2-10-8(12)6-13-5-7(9)4-11-13/h2-5H,6,9H2,1H3. The highest BCUT2D eigenvalue weighted by atomic mass is 15.3. The molecule has 2 rings (SSSR count). The fourth-order valence-corrected chi connectivity index (χ4v) is 1.16. The van der Waals surface area contributed by atoms with Gasteiger partial charge >= 0.3 is 0 Å². The number of nitrogens with two attached hydrogens (primary N) is 1. The minimum absolute atomic E-state index is 0.653. The van der Waals surface area contributed by atoms with Crippen LogP contribution in [0, 0.1) is 0 Å². The predicted molar refractivity (Wildman–Crippen MR) is 48.9 cm³/mol. The first kappa shape index (κ1) is 7.85. The number of imidazole rings is 1. The van der Waals surface area contributed by atoms with Crippen molar-refractivity contribution in [2.24, 2.45) is 7.05 Å². The van der Waals surface area contributed by atoms with Crippen LogP contribution >= 0.6 is 0 Å². The van der Waals surface area contributed by atoms with Crippen molar-refractivity contribution in [1.29, 1.82) is 0 Å². The average molecular weight is 177 g/mol. The van der Waals surface area contributed by atoms with Gasteiger partial charge in [0.05, 0.1) is 18.4 Å². The predicted octanol–water partition coefficient (Wildman–Crippen LogP) is 0.247. The van der Waals surface area contributed by atoms with E-state index >= 15 is 0 Å². The average Bonchev–Trinajstić information content (AvgIpc) is 2.64. The number of anilines is 1. The number of nitrogens with zero attached hydrogens (tertiary/aromatic N) is 4.